The van der Waals surface area contributed by atoms with E-state index in [4.69, 9.17) is 16.3 Å². The maximum Gasteiger partial charge on any atom is 0.126 e. The lowest BCUT2D eigenvalue weighted by Gasteiger charge is -2.11. The third-order valence-corrected chi connectivity index (χ3v) is 3.36. The molecule has 0 spiro atoms. The molecule has 2 aromatic carbocycles. The molecule has 0 aliphatic heterocycles. The van der Waals surface area contributed by atoms with E-state index in [0.717, 1.165) is 0 Å². The van der Waals surface area contributed by atoms with Gasteiger partial charge in [-0.3, -0.25) is 0 Å². The van der Waals surface area contributed by atoms with Crippen LogP contribution in [0.4, 0.5) is 4.39 Å². The van der Waals surface area contributed by atoms with E-state index in [1.54, 1.807) is 24.3 Å². The van der Waals surface area contributed by atoms with Crippen LogP contribution in [0.2, 0.25) is 5.02 Å². The summed E-state index contributed by atoms with van der Waals surface area (Å²) >= 11 is 9.18. The van der Waals surface area contributed by atoms with Crippen molar-refractivity contribution in [2.45, 2.75) is 13.2 Å². The second-order valence-corrected chi connectivity index (χ2v) is 5.26. The summed E-state index contributed by atoms with van der Waals surface area (Å²) in [5, 5.41) is 9.70. The zero-order valence-electron chi connectivity index (χ0n) is 9.87. The molecule has 19 heavy (non-hydrogen) atoms. The molecule has 0 fully saturated rings. The molecule has 0 aliphatic carbocycles. The van der Waals surface area contributed by atoms with E-state index in [-0.39, 0.29) is 19.0 Å². The molecule has 0 aromatic heterocycles. The molecule has 100 valence electrons. The van der Waals surface area contributed by atoms with Crippen molar-refractivity contribution < 1.29 is 14.2 Å². The van der Waals surface area contributed by atoms with Crippen molar-refractivity contribution in [1.29, 1.82) is 0 Å². The molecule has 5 heteroatoms. The van der Waals surface area contributed by atoms with Crippen LogP contribution in [0.1, 0.15) is 11.1 Å². The average molecular weight is 346 g/mol. The first-order valence-electron chi connectivity index (χ1n) is 5.56. The Morgan fingerprint density at radius 1 is 1.26 bits per heavy atom. The first-order valence-corrected chi connectivity index (χ1v) is 6.73. The van der Waals surface area contributed by atoms with Gasteiger partial charge in [-0.1, -0.05) is 33.6 Å². The summed E-state index contributed by atoms with van der Waals surface area (Å²) in [5.74, 6) is 0.164. The van der Waals surface area contributed by atoms with Crippen LogP contribution >= 0.6 is 27.5 Å². The van der Waals surface area contributed by atoms with Gasteiger partial charge in [0, 0.05) is 15.1 Å². The lowest BCUT2D eigenvalue weighted by molar-refractivity contribution is 0.259. The number of aliphatic hydroxyl groups is 1. The zero-order valence-corrected chi connectivity index (χ0v) is 12.2. The number of rotatable bonds is 4. The Hall–Kier alpha value is -1.10. The Bertz CT molecular complexity index is 569. The highest BCUT2D eigenvalue weighted by atomic mass is 79.9. The largest absolute Gasteiger partial charge is 0.488 e. The van der Waals surface area contributed by atoms with Crippen molar-refractivity contribution in [3.05, 3.63) is 62.8 Å². The Labute approximate surface area is 123 Å². The SMILES string of the molecule is OCc1c(Cl)cccc1OCc1cc(F)cc(Br)c1. The topological polar surface area (TPSA) is 29.5 Å². The van der Waals surface area contributed by atoms with Crippen molar-refractivity contribution in [3.63, 3.8) is 0 Å². The van der Waals surface area contributed by atoms with E-state index in [0.29, 0.717) is 26.4 Å². The number of halogens is 3. The minimum Gasteiger partial charge on any atom is -0.488 e. The van der Waals surface area contributed by atoms with Crippen LogP contribution in [0.15, 0.2) is 40.9 Å². The van der Waals surface area contributed by atoms with Crippen molar-refractivity contribution >= 4 is 27.5 Å². The van der Waals surface area contributed by atoms with E-state index in [9.17, 15) is 9.50 Å². The summed E-state index contributed by atoms with van der Waals surface area (Å²) < 4.78 is 19.4. The maximum absolute atomic E-state index is 13.2. The van der Waals surface area contributed by atoms with Crippen LogP contribution in [-0.4, -0.2) is 5.11 Å². The molecule has 0 heterocycles. The number of benzene rings is 2. The second kappa shape index (κ2) is 6.37. The molecule has 2 nitrogen and oxygen atoms in total. The normalized spacial score (nSPS) is 10.5. The first-order chi connectivity index (χ1) is 9.10. The second-order valence-electron chi connectivity index (χ2n) is 3.94. The third kappa shape index (κ3) is 3.69. The van der Waals surface area contributed by atoms with Gasteiger partial charge < -0.3 is 9.84 Å². The molecular weight excluding hydrogens is 335 g/mol. The highest BCUT2D eigenvalue weighted by Crippen LogP contribution is 2.27. The minimum absolute atomic E-state index is 0.198. The summed E-state index contributed by atoms with van der Waals surface area (Å²) in [6.07, 6.45) is 0. The fourth-order valence-corrected chi connectivity index (χ4v) is 2.42. The van der Waals surface area contributed by atoms with Crippen LogP contribution < -0.4 is 4.74 Å². The van der Waals surface area contributed by atoms with Gasteiger partial charge in [-0.05, 0) is 35.9 Å². The third-order valence-electron chi connectivity index (χ3n) is 2.55. The van der Waals surface area contributed by atoms with Gasteiger partial charge in [0.05, 0.1) is 6.61 Å². The molecule has 1 N–H and O–H groups in total. The van der Waals surface area contributed by atoms with Gasteiger partial charge in [0.15, 0.2) is 0 Å². The maximum atomic E-state index is 13.2. The molecule has 0 saturated heterocycles. The molecule has 2 rings (SSSR count). The van der Waals surface area contributed by atoms with Gasteiger partial charge >= 0.3 is 0 Å². The summed E-state index contributed by atoms with van der Waals surface area (Å²) in [4.78, 5) is 0. The van der Waals surface area contributed by atoms with Crippen molar-refractivity contribution in [1.82, 2.24) is 0 Å². The molecule has 0 saturated carbocycles. The number of aliphatic hydroxyl groups excluding tert-OH is 1. The smallest absolute Gasteiger partial charge is 0.126 e. The summed E-state index contributed by atoms with van der Waals surface area (Å²) in [7, 11) is 0. The van der Waals surface area contributed by atoms with Crippen molar-refractivity contribution in [2.24, 2.45) is 0 Å². The highest BCUT2D eigenvalue weighted by molar-refractivity contribution is 9.10. The quantitative estimate of drug-likeness (QED) is 0.894. The zero-order chi connectivity index (χ0) is 13.8. The van der Waals surface area contributed by atoms with Gasteiger partial charge in [0.25, 0.3) is 0 Å². The van der Waals surface area contributed by atoms with Crippen LogP contribution in [0, 0.1) is 5.82 Å². The van der Waals surface area contributed by atoms with E-state index in [1.165, 1.54) is 12.1 Å². The van der Waals surface area contributed by atoms with Crippen molar-refractivity contribution in [2.75, 3.05) is 0 Å². The minimum atomic E-state index is -0.332. The molecule has 0 amide bonds. The molecule has 0 radical (unpaired) electrons. The fourth-order valence-electron chi connectivity index (χ4n) is 1.68. The Kier molecular flexibility index (Phi) is 4.80. The standard InChI is InChI=1S/C14H11BrClFO2/c15-10-4-9(5-11(17)6-10)8-19-14-3-1-2-13(16)12(14)7-18/h1-6,18H,7-8H2. The Balaban J connectivity index is 2.16. The van der Waals surface area contributed by atoms with Crippen LogP contribution in [-0.2, 0) is 13.2 Å². The van der Waals surface area contributed by atoms with Gasteiger partial charge in [-0.25, -0.2) is 4.39 Å². The van der Waals surface area contributed by atoms with Gasteiger partial charge in [-0.15, -0.1) is 0 Å². The number of hydrogen-bond acceptors (Lipinski definition) is 2. The monoisotopic (exact) mass is 344 g/mol. The van der Waals surface area contributed by atoms with Gasteiger partial charge in [0.1, 0.15) is 18.2 Å². The average Bonchev–Trinajstić information content (AvgIpc) is 2.35. The van der Waals surface area contributed by atoms with E-state index >= 15 is 0 Å². The lowest BCUT2D eigenvalue weighted by Crippen LogP contribution is -2.00. The summed E-state index contributed by atoms with van der Waals surface area (Å²) in [6, 6.07) is 9.67. The molecule has 0 atom stereocenters. The fraction of sp³-hybridized carbons (Fsp3) is 0.143. The molecule has 0 aliphatic rings. The molecule has 0 unspecified atom stereocenters. The van der Waals surface area contributed by atoms with Crippen LogP contribution in [0.5, 0.6) is 5.75 Å². The first kappa shape index (κ1) is 14.3. The molecule has 0 bridgehead atoms. The lowest BCUT2D eigenvalue weighted by atomic mass is 10.2. The van der Waals surface area contributed by atoms with Gasteiger partial charge in [-0.2, -0.15) is 0 Å². The van der Waals surface area contributed by atoms with Crippen LogP contribution in [0.3, 0.4) is 0 Å². The predicted octanol–water partition coefficient (Wildman–Crippen LogP) is 4.31. The molecular formula is C14H11BrClFO2. The van der Waals surface area contributed by atoms with E-state index in [2.05, 4.69) is 15.9 Å². The number of hydrogen-bond donors (Lipinski definition) is 1. The predicted molar refractivity (Wildman–Crippen MR) is 75.8 cm³/mol. The molecule has 2 aromatic rings. The van der Waals surface area contributed by atoms with E-state index < -0.39 is 0 Å². The Morgan fingerprint density at radius 3 is 2.74 bits per heavy atom. The van der Waals surface area contributed by atoms with Crippen molar-refractivity contribution in [3.8, 4) is 5.75 Å². The number of ether oxygens (including phenoxy) is 1. The highest BCUT2D eigenvalue weighted by Gasteiger charge is 2.08. The Morgan fingerprint density at radius 2 is 2.05 bits per heavy atom. The van der Waals surface area contributed by atoms with E-state index in [1.807, 2.05) is 0 Å². The van der Waals surface area contributed by atoms with Crippen LogP contribution in [0.25, 0.3) is 0 Å². The van der Waals surface area contributed by atoms with Gasteiger partial charge in [0.2, 0.25) is 0 Å². The summed E-state index contributed by atoms with van der Waals surface area (Å²) in [5.41, 5.74) is 1.22. The summed E-state index contributed by atoms with van der Waals surface area (Å²) in [6.45, 7) is -0.00838.